The highest BCUT2D eigenvalue weighted by Crippen LogP contribution is 2.24. The van der Waals surface area contributed by atoms with Gasteiger partial charge in [-0.25, -0.2) is 18.6 Å². The number of ether oxygens (including phenoxy) is 1. The number of carbonyl (C=O) groups excluding carboxylic acids is 2. The number of methoxy groups -OCH3 is 1. The van der Waals surface area contributed by atoms with Crippen LogP contribution in [0.15, 0.2) is 59.7 Å². The molecule has 1 saturated heterocycles. The first kappa shape index (κ1) is 24.3. The SMILES string of the molecule is CO[C@@H]1C[C@H](C(=O)Nc2ccc(-n3cccc(F)c3=O)cc2F)N(C(=O)Nc2ccc(Cl)cn2)C1. The van der Waals surface area contributed by atoms with Crippen molar-refractivity contribution in [2.24, 2.45) is 0 Å². The van der Waals surface area contributed by atoms with Crippen molar-refractivity contribution in [1.82, 2.24) is 14.5 Å². The van der Waals surface area contributed by atoms with E-state index in [0.29, 0.717) is 5.02 Å². The summed E-state index contributed by atoms with van der Waals surface area (Å²) < 4.78 is 34.6. The molecule has 9 nitrogen and oxygen atoms in total. The molecule has 3 aromatic rings. The van der Waals surface area contributed by atoms with E-state index in [2.05, 4.69) is 15.6 Å². The van der Waals surface area contributed by atoms with Crippen LogP contribution in [-0.2, 0) is 9.53 Å². The lowest BCUT2D eigenvalue weighted by atomic mass is 10.1. The lowest BCUT2D eigenvalue weighted by Gasteiger charge is -2.24. The monoisotopic (exact) mass is 503 g/mol. The molecule has 1 aromatic carbocycles. The van der Waals surface area contributed by atoms with Crippen molar-refractivity contribution < 1.29 is 23.1 Å². The van der Waals surface area contributed by atoms with Gasteiger partial charge in [-0.05, 0) is 36.4 Å². The van der Waals surface area contributed by atoms with Crippen LogP contribution in [-0.4, -0.2) is 52.2 Å². The molecule has 1 aliphatic heterocycles. The molecule has 0 aliphatic carbocycles. The Balaban J connectivity index is 1.51. The maximum Gasteiger partial charge on any atom is 0.323 e. The maximum atomic E-state index is 14.8. The molecule has 0 radical (unpaired) electrons. The smallest absolute Gasteiger partial charge is 0.323 e. The average molecular weight is 504 g/mol. The van der Waals surface area contributed by atoms with Gasteiger partial charge in [-0.15, -0.1) is 0 Å². The molecule has 2 N–H and O–H groups in total. The van der Waals surface area contributed by atoms with Crippen LogP contribution >= 0.6 is 11.6 Å². The molecule has 1 fully saturated rings. The Hall–Kier alpha value is -3.83. The summed E-state index contributed by atoms with van der Waals surface area (Å²) in [6, 6.07) is 7.48. The second-order valence-corrected chi connectivity index (χ2v) is 8.17. The molecule has 2 atom stereocenters. The number of aromatic nitrogens is 2. The summed E-state index contributed by atoms with van der Waals surface area (Å²) in [7, 11) is 1.47. The summed E-state index contributed by atoms with van der Waals surface area (Å²) in [5.74, 6) is -2.20. The lowest BCUT2D eigenvalue weighted by Crippen LogP contribution is -2.45. The van der Waals surface area contributed by atoms with Crippen LogP contribution in [0.25, 0.3) is 5.69 Å². The number of hydrogen-bond acceptors (Lipinski definition) is 5. The van der Waals surface area contributed by atoms with Gasteiger partial charge < -0.3 is 15.0 Å². The van der Waals surface area contributed by atoms with Crippen molar-refractivity contribution in [2.45, 2.75) is 18.6 Å². The number of rotatable bonds is 5. The highest BCUT2D eigenvalue weighted by molar-refractivity contribution is 6.30. The van der Waals surface area contributed by atoms with Crippen LogP contribution in [0.2, 0.25) is 5.02 Å². The molecule has 4 rings (SSSR count). The predicted molar refractivity (Wildman–Crippen MR) is 125 cm³/mol. The van der Waals surface area contributed by atoms with Gasteiger partial charge in [0.2, 0.25) is 5.91 Å². The summed E-state index contributed by atoms with van der Waals surface area (Å²) >= 11 is 5.81. The van der Waals surface area contributed by atoms with Crippen LogP contribution in [0.3, 0.4) is 0 Å². The zero-order valence-corrected chi connectivity index (χ0v) is 19.1. The topological polar surface area (TPSA) is 106 Å². The van der Waals surface area contributed by atoms with E-state index in [1.165, 1.54) is 48.7 Å². The molecule has 12 heteroatoms. The molecule has 3 amide bonds. The summed E-state index contributed by atoms with van der Waals surface area (Å²) in [4.78, 5) is 43.1. The zero-order chi connectivity index (χ0) is 25.1. The number of benzene rings is 1. The third kappa shape index (κ3) is 5.31. The minimum absolute atomic E-state index is 0.0850. The van der Waals surface area contributed by atoms with Gasteiger partial charge in [-0.2, -0.15) is 0 Å². The fraction of sp³-hybridized carbons (Fsp3) is 0.217. The molecule has 0 bridgehead atoms. The minimum Gasteiger partial charge on any atom is -0.380 e. The third-order valence-corrected chi connectivity index (χ3v) is 5.74. The van der Waals surface area contributed by atoms with E-state index < -0.39 is 41.3 Å². The summed E-state index contributed by atoms with van der Waals surface area (Å²) in [6.45, 7) is 0.137. The van der Waals surface area contributed by atoms with Gasteiger partial charge >= 0.3 is 6.03 Å². The average Bonchev–Trinajstić information content (AvgIpc) is 3.29. The van der Waals surface area contributed by atoms with Crippen molar-refractivity contribution in [2.75, 3.05) is 24.3 Å². The zero-order valence-electron chi connectivity index (χ0n) is 18.4. The molecule has 35 heavy (non-hydrogen) atoms. The van der Waals surface area contributed by atoms with E-state index in [9.17, 15) is 23.2 Å². The Morgan fingerprint density at radius 1 is 1.14 bits per heavy atom. The Bertz CT molecular complexity index is 1320. The second-order valence-electron chi connectivity index (χ2n) is 7.74. The highest BCUT2D eigenvalue weighted by atomic mass is 35.5. The Morgan fingerprint density at radius 2 is 1.94 bits per heavy atom. The first-order chi connectivity index (χ1) is 16.8. The van der Waals surface area contributed by atoms with Crippen LogP contribution in [0, 0.1) is 11.6 Å². The third-order valence-electron chi connectivity index (χ3n) is 5.51. The summed E-state index contributed by atoms with van der Waals surface area (Å²) in [5.41, 5.74) is -1.01. The normalized spacial score (nSPS) is 17.3. The maximum absolute atomic E-state index is 14.8. The van der Waals surface area contributed by atoms with E-state index >= 15 is 0 Å². The summed E-state index contributed by atoms with van der Waals surface area (Å²) in [5, 5.41) is 5.47. The van der Waals surface area contributed by atoms with Crippen LogP contribution in [0.1, 0.15) is 6.42 Å². The van der Waals surface area contributed by atoms with Crippen molar-refractivity contribution >= 4 is 35.0 Å². The lowest BCUT2D eigenvalue weighted by molar-refractivity contribution is -0.119. The second kappa shape index (κ2) is 10.2. The van der Waals surface area contributed by atoms with E-state index in [4.69, 9.17) is 16.3 Å². The molecule has 3 heterocycles. The van der Waals surface area contributed by atoms with Crippen molar-refractivity contribution in [3.05, 3.63) is 81.9 Å². The first-order valence-corrected chi connectivity index (χ1v) is 10.8. The molecule has 0 saturated carbocycles. The van der Waals surface area contributed by atoms with Crippen molar-refractivity contribution in [1.29, 1.82) is 0 Å². The summed E-state index contributed by atoms with van der Waals surface area (Å²) in [6.07, 6.45) is 2.46. The number of urea groups is 1. The number of amides is 3. The first-order valence-electron chi connectivity index (χ1n) is 10.5. The molecule has 1 aliphatic rings. The number of nitrogens with one attached hydrogen (secondary N) is 2. The Labute approximate surface area is 203 Å². The molecular formula is C23H20ClF2N5O4. The number of nitrogens with zero attached hydrogens (tertiary/aromatic N) is 3. The quantitative estimate of drug-likeness (QED) is 0.555. The molecular weight excluding hydrogens is 484 g/mol. The molecule has 2 aromatic heterocycles. The van der Waals surface area contributed by atoms with Crippen molar-refractivity contribution in [3.8, 4) is 5.69 Å². The number of anilines is 2. The Kier molecular flexibility index (Phi) is 7.08. The standard InChI is InChI=1S/C23H20ClF2N5O4/c1-35-15-10-19(31(12-15)23(34)29-20-7-4-13(24)11-27-20)21(32)28-18-6-5-14(9-17(18)26)30-8-2-3-16(25)22(30)33/h2-9,11,15,19H,10,12H2,1H3,(H,28,32)(H,27,29,34)/t15-,19-/m1/s1. The van der Waals surface area contributed by atoms with Crippen LogP contribution in [0.4, 0.5) is 25.1 Å². The fourth-order valence-corrected chi connectivity index (χ4v) is 3.83. The van der Waals surface area contributed by atoms with Crippen molar-refractivity contribution in [3.63, 3.8) is 0 Å². The van der Waals surface area contributed by atoms with E-state index in [1.54, 1.807) is 6.07 Å². The van der Waals surface area contributed by atoms with Gasteiger partial charge in [-0.1, -0.05) is 11.6 Å². The molecule has 182 valence electrons. The van der Waals surface area contributed by atoms with Gasteiger partial charge in [0.05, 0.1) is 22.5 Å². The van der Waals surface area contributed by atoms with Gasteiger partial charge in [0.1, 0.15) is 17.7 Å². The molecule has 0 unspecified atom stereocenters. The predicted octanol–water partition coefficient (Wildman–Crippen LogP) is 3.42. The van der Waals surface area contributed by atoms with Crippen LogP contribution < -0.4 is 16.2 Å². The number of hydrogen-bond donors (Lipinski definition) is 2. The van der Waals surface area contributed by atoms with Gasteiger partial charge in [0.25, 0.3) is 5.56 Å². The van der Waals surface area contributed by atoms with Gasteiger partial charge in [-0.3, -0.25) is 19.5 Å². The highest BCUT2D eigenvalue weighted by Gasteiger charge is 2.40. The molecule has 0 spiro atoms. The van der Waals surface area contributed by atoms with E-state index in [1.807, 2.05) is 0 Å². The van der Waals surface area contributed by atoms with Gasteiger partial charge in [0.15, 0.2) is 5.82 Å². The number of likely N-dealkylation sites (tertiary alicyclic amines) is 1. The fourth-order valence-electron chi connectivity index (χ4n) is 3.71. The minimum atomic E-state index is -0.980. The number of carbonyl (C=O) groups is 2. The number of halogens is 3. The van der Waals surface area contributed by atoms with E-state index in [0.717, 1.165) is 16.7 Å². The van der Waals surface area contributed by atoms with E-state index in [-0.39, 0.29) is 30.2 Å². The van der Waals surface area contributed by atoms with Crippen LogP contribution in [0.5, 0.6) is 0 Å². The number of pyridine rings is 2. The largest absolute Gasteiger partial charge is 0.380 e. The van der Waals surface area contributed by atoms with Gasteiger partial charge in [0, 0.05) is 38.5 Å². The Morgan fingerprint density at radius 3 is 2.63 bits per heavy atom.